The Morgan fingerprint density at radius 3 is 2.41 bits per heavy atom. The van der Waals surface area contributed by atoms with E-state index in [1.807, 2.05) is 0 Å². The second kappa shape index (κ2) is 9.45. The third-order valence-electron chi connectivity index (χ3n) is 4.16. The first-order valence-electron chi connectivity index (χ1n) is 9.36. The topological polar surface area (TPSA) is 125 Å². The Morgan fingerprint density at radius 1 is 1.17 bits per heavy atom. The van der Waals surface area contributed by atoms with Gasteiger partial charge in [0, 0.05) is 13.1 Å². The van der Waals surface area contributed by atoms with Crippen molar-refractivity contribution in [1.29, 1.82) is 0 Å². The first-order valence-corrected chi connectivity index (χ1v) is 10.9. The summed E-state index contributed by atoms with van der Waals surface area (Å²) in [6.45, 7) is 6.36. The summed E-state index contributed by atoms with van der Waals surface area (Å²) in [5.74, 6) is -0.348. The van der Waals surface area contributed by atoms with Gasteiger partial charge < -0.3 is 19.1 Å². The summed E-state index contributed by atoms with van der Waals surface area (Å²) in [5.41, 5.74) is -0.589. The number of benzene rings is 1. The molecule has 1 fully saturated rings. The SMILES string of the molecule is CC(C)(C)OC(=O)N1CCCC(C(=O)OCCOc2ccc(S(N)(=O)=O)cc2)C1. The molecule has 1 aliphatic heterocycles. The fourth-order valence-electron chi connectivity index (χ4n) is 2.81. The second-order valence-electron chi connectivity index (χ2n) is 7.80. The van der Waals surface area contributed by atoms with Crippen molar-refractivity contribution in [3.63, 3.8) is 0 Å². The molecule has 0 radical (unpaired) electrons. The molecule has 0 aromatic heterocycles. The smallest absolute Gasteiger partial charge is 0.410 e. The van der Waals surface area contributed by atoms with Gasteiger partial charge in [0.1, 0.15) is 24.6 Å². The highest BCUT2D eigenvalue weighted by molar-refractivity contribution is 7.89. The van der Waals surface area contributed by atoms with Crippen LogP contribution in [-0.4, -0.2) is 57.3 Å². The Hall–Kier alpha value is -2.33. The molecule has 1 aromatic rings. The number of primary sulfonamides is 1. The summed E-state index contributed by atoms with van der Waals surface area (Å²) in [6.07, 6.45) is 0.918. The molecule has 1 unspecified atom stereocenters. The van der Waals surface area contributed by atoms with Gasteiger partial charge in [-0.15, -0.1) is 0 Å². The maximum Gasteiger partial charge on any atom is 0.410 e. The van der Waals surface area contributed by atoms with Crippen molar-refractivity contribution in [2.75, 3.05) is 26.3 Å². The van der Waals surface area contributed by atoms with E-state index in [1.165, 1.54) is 29.2 Å². The van der Waals surface area contributed by atoms with Crippen molar-refractivity contribution in [3.05, 3.63) is 24.3 Å². The van der Waals surface area contributed by atoms with Crippen LogP contribution in [0.1, 0.15) is 33.6 Å². The van der Waals surface area contributed by atoms with Gasteiger partial charge >= 0.3 is 12.1 Å². The summed E-state index contributed by atoms with van der Waals surface area (Å²) in [6, 6.07) is 5.62. The van der Waals surface area contributed by atoms with Crippen LogP contribution < -0.4 is 9.88 Å². The minimum atomic E-state index is -3.75. The minimum absolute atomic E-state index is 0.0110. The maximum absolute atomic E-state index is 12.3. The van der Waals surface area contributed by atoms with Crippen LogP contribution in [0.4, 0.5) is 4.79 Å². The van der Waals surface area contributed by atoms with Gasteiger partial charge in [0.05, 0.1) is 10.8 Å². The molecule has 0 saturated carbocycles. The molecule has 2 N–H and O–H groups in total. The number of ether oxygens (including phenoxy) is 3. The van der Waals surface area contributed by atoms with Gasteiger partial charge in [-0.3, -0.25) is 4.79 Å². The highest BCUT2D eigenvalue weighted by Gasteiger charge is 2.31. The highest BCUT2D eigenvalue weighted by Crippen LogP contribution is 2.20. The number of carbonyl (C=O) groups is 2. The average Bonchev–Trinajstić information content (AvgIpc) is 2.63. The number of sulfonamides is 1. The molecule has 162 valence electrons. The van der Waals surface area contributed by atoms with Crippen LogP contribution in [0.5, 0.6) is 5.75 Å². The van der Waals surface area contributed by atoms with Crippen LogP contribution >= 0.6 is 0 Å². The summed E-state index contributed by atoms with van der Waals surface area (Å²) in [4.78, 5) is 26.0. The zero-order valence-electron chi connectivity index (χ0n) is 16.9. The summed E-state index contributed by atoms with van der Waals surface area (Å²) < 4.78 is 38.5. The van der Waals surface area contributed by atoms with E-state index >= 15 is 0 Å². The molecule has 0 bridgehead atoms. The number of hydrogen-bond donors (Lipinski definition) is 1. The quantitative estimate of drug-likeness (QED) is 0.542. The normalized spacial score (nSPS) is 17.5. The first-order chi connectivity index (χ1) is 13.5. The van der Waals surface area contributed by atoms with E-state index in [0.717, 1.165) is 0 Å². The Labute approximate surface area is 171 Å². The molecule has 10 heteroatoms. The van der Waals surface area contributed by atoms with Gasteiger partial charge in [0.15, 0.2) is 0 Å². The van der Waals surface area contributed by atoms with Crippen LogP contribution in [0.25, 0.3) is 0 Å². The number of amides is 1. The number of likely N-dealkylation sites (tertiary alicyclic amines) is 1. The minimum Gasteiger partial charge on any atom is -0.490 e. The molecule has 1 aliphatic rings. The van der Waals surface area contributed by atoms with Crippen molar-refractivity contribution in [3.8, 4) is 5.75 Å². The maximum atomic E-state index is 12.3. The molecule has 2 rings (SSSR count). The number of piperidine rings is 1. The van der Waals surface area contributed by atoms with Gasteiger partial charge in [-0.1, -0.05) is 0 Å². The lowest BCUT2D eigenvalue weighted by Crippen LogP contribution is -2.45. The van der Waals surface area contributed by atoms with Crippen molar-refractivity contribution < 1.29 is 32.2 Å². The Balaban J connectivity index is 1.75. The predicted octanol–water partition coefficient (Wildman–Crippen LogP) is 1.90. The fourth-order valence-corrected chi connectivity index (χ4v) is 3.32. The molecule has 1 aromatic carbocycles. The third-order valence-corrected chi connectivity index (χ3v) is 5.08. The third kappa shape index (κ3) is 7.54. The lowest BCUT2D eigenvalue weighted by Gasteiger charge is -2.33. The fraction of sp³-hybridized carbons (Fsp3) is 0.579. The van der Waals surface area contributed by atoms with Crippen molar-refractivity contribution in [2.45, 2.75) is 44.1 Å². The summed E-state index contributed by atoms with van der Waals surface area (Å²) >= 11 is 0. The zero-order chi connectivity index (χ0) is 21.7. The summed E-state index contributed by atoms with van der Waals surface area (Å²) in [7, 11) is -3.75. The van der Waals surface area contributed by atoms with E-state index in [4.69, 9.17) is 19.3 Å². The number of esters is 1. The molecule has 1 amide bonds. The molecule has 0 spiro atoms. The average molecular weight is 429 g/mol. The molecular weight excluding hydrogens is 400 g/mol. The Kier molecular flexibility index (Phi) is 7.48. The van der Waals surface area contributed by atoms with E-state index in [0.29, 0.717) is 25.1 Å². The van der Waals surface area contributed by atoms with Gasteiger partial charge in [-0.25, -0.2) is 18.4 Å². The molecular formula is C19H28N2O7S. The van der Waals surface area contributed by atoms with Crippen molar-refractivity contribution in [1.82, 2.24) is 4.90 Å². The van der Waals surface area contributed by atoms with Crippen LogP contribution in [0.2, 0.25) is 0 Å². The lowest BCUT2D eigenvalue weighted by molar-refractivity contribution is -0.151. The van der Waals surface area contributed by atoms with Gasteiger partial charge in [0.2, 0.25) is 10.0 Å². The Morgan fingerprint density at radius 2 is 1.83 bits per heavy atom. The second-order valence-corrected chi connectivity index (χ2v) is 9.36. The first kappa shape index (κ1) is 23.0. The Bertz CT molecular complexity index is 816. The monoisotopic (exact) mass is 428 g/mol. The van der Waals surface area contributed by atoms with Crippen LogP contribution in [-0.2, 0) is 24.3 Å². The number of nitrogens with two attached hydrogens (primary N) is 1. The van der Waals surface area contributed by atoms with E-state index in [1.54, 1.807) is 20.8 Å². The van der Waals surface area contributed by atoms with E-state index in [9.17, 15) is 18.0 Å². The molecule has 9 nitrogen and oxygen atoms in total. The molecule has 1 atom stereocenters. The van der Waals surface area contributed by atoms with Gasteiger partial charge in [-0.2, -0.15) is 0 Å². The van der Waals surface area contributed by atoms with E-state index < -0.39 is 27.6 Å². The summed E-state index contributed by atoms with van der Waals surface area (Å²) in [5, 5.41) is 5.03. The lowest BCUT2D eigenvalue weighted by atomic mass is 9.98. The number of carbonyl (C=O) groups excluding carboxylic acids is 2. The van der Waals surface area contributed by atoms with E-state index in [-0.39, 0.29) is 30.6 Å². The molecule has 1 heterocycles. The van der Waals surface area contributed by atoms with Gasteiger partial charge in [-0.05, 0) is 57.9 Å². The zero-order valence-corrected chi connectivity index (χ0v) is 17.7. The number of hydrogen-bond acceptors (Lipinski definition) is 7. The van der Waals surface area contributed by atoms with Crippen molar-refractivity contribution >= 4 is 22.1 Å². The van der Waals surface area contributed by atoms with Crippen LogP contribution in [0.15, 0.2) is 29.2 Å². The van der Waals surface area contributed by atoms with Gasteiger partial charge in [0.25, 0.3) is 0 Å². The molecule has 1 saturated heterocycles. The molecule has 0 aliphatic carbocycles. The highest BCUT2D eigenvalue weighted by atomic mass is 32.2. The standard InChI is InChI=1S/C19H28N2O7S/c1-19(2,3)28-18(23)21-10-4-5-14(13-21)17(22)27-12-11-26-15-6-8-16(9-7-15)29(20,24)25/h6-9,14H,4-5,10-13H2,1-3H3,(H2,20,24,25). The van der Waals surface area contributed by atoms with E-state index in [2.05, 4.69) is 0 Å². The van der Waals surface area contributed by atoms with Crippen molar-refractivity contribution in [2.24, 2.45) is 11.1 Å². The van der Waals surface area contributed by atoms with Crippen LogP contribution in [0.3, 0.4) is 0 Å². The van der Waals surface area contributed by atoms with Crippen LogP contribution in [0, 0.1) is 5.92 Å². The largest absolute Gasteiger partial charge is 0.490 e. The predicted molar refractivity (Wildman–Crippen MR) is 105 cm³/mol. The number of nitrogens with zero attached hydrogens (tertiary/aromatic N) is 1. The number of rotatable bonds is 6. The molecule has 29 heavy (non-hydrogen) atoms.